The number of benzene rings is 2. The zero-order valence-corrected chi connectivity index (χ0v) is 11.9. The van der Waals surface area contributed by atoms with E-state index in [4.69, 9.17) is 5.73 Å². The summed E-state index contributed by atoms with van der Waals surface area (Å²) in [4.78, 5) is 27.3. The smallest absolute Gasteiger partial charge is 0.249 e. The van der Waals surface area contributed by atoms with E-state index in [1.165, 1.54) is 0 Å². The maximum atomic E-state index is 12.3. The average Bonchev–Trinajstić information content (AvgIpc) is 2.46. The summed E-state index contributed by atoms with van der Waals surface area (Å²) in [5.74, 6) is -0.591. The molecule has 0 spiro atoms. The maximum Gasteiger partial charge on any atom is 0.249 e. The molecule has 5 nitrogen and oxygen atoms in total. The number of anilines is 1. The van der Waals surface area contributed by atoms with Crippen LogP contribution in [0.5, 0.6) is 0 Å². The highest BCUT2D eigenvalue weighted by molar-refractivity contribution is 8.15. The van der Waals surface area contributed by atoms with E-state index in [9.17, 15) is 9.59 Å². The molecule has 2 amide bonds. The van der Waals surface area contributed by atoms with Crippen molar-refractivity contribution in [3.8, 4) is 0 Å². The normalized spacial score (nSPS) is 18.4. The van der Waals surface area contributed by atoms with Gasteiger partial charge in [0.15, 0.2) is 5.17 Å². The van der Waals surface area contributed by atoms with Gasteiger partial charge in [-0.05, 0) is 11.5 Å². The summed E-state index contributed by atoms with van der Waals surface area (Å²) in [5, 5.41) is 4.49. The molecule has 0 radical (unpaired) electrons. The van der Waals surface area contributed by atoms with Gasteiger partial charge in [0.05, 0.1) is 6.42 Å². The number of nitrogens with zero attached hydrogens (tertiary/aromatic N) is 1. The van der Waals surface area contributed by atoms with Gasteiger partial charge >= 0.3 is 0 Å². The Hall–Kier alpha value is -2.34. The first kappa shape index (κ1) is 13.6. The van der Waals surface area contributed by atoms with Gasteiger partial charge in [-0.15, -0.1) is 0 Å². The Morgan fingerprint density at radius 2 is 2.00 bits per heavy atom. The van der Waals surface area contributed by atoms with Crippen molar-refractivity contribution < 1.29 is 9.59 Å². The fourth-order valence-corrected chi connectivity index (χ4v) is 3.07. The van der Waals surface area contributed by atoms with Gasteiger partial charge in [-0.2, -0.15) is 4.99 Å². The van der Waals surface area contributed by atoms with Crippen molar-refractivity contribution in [1.82, 2.24) is 0 Å². The summed E-state index contributed by atoms with van der Waals surface area (Å²) in [7, 11) is 0. The highest BCUT2D eigenvalue weighted by Gasteiger charge is 2.28. The molecule has 2 aromatic rings. The van der Waals surface area contributed by atoms with Gasteiger partial charge in [-0.25, -0.2) is 0 Å². The van der Waals surface area contributed by atoms with Gasteiger partial charge in [0.1, 0.15) is 5.25 Å². The predicted octanol–water partition coefficient (Wildman–Crippen LogP) is 2.13. The van der Waals surface area contributed by atoms with Crippen LogP contribution in [0, 0.1) is 0 Å². The quantitative estimate of drug-likeness (QED) is 0.889. The van der Waals surface area contributed by atoms with E-state index < -0.39 is 5.25 Å². The largest absolute Gasteiger partial charge is 0.378 e. The van der Waals surface area contributed by atoms with Crippen molar-refractivity contribution in [2.75, 3.05) is 5.32 Å². The predicted molar refractivity (Wildman–Crippen MR) is 85.2 cm³/mol. The lowest BCUT2D eigenvalue weighted by Gasteiger charge is -2.18. The Labute approximate surface area is 125 Å². The van der Waals surface area contributed by atoms with Crippen LogP contribution in [-0.4, -0.2) is 22.2 Å². The molecule has 0 bridgehead atoms. The highest BCUT2D eigenvalue weighted by atomic mass is 32.2. The van der Waals surface area contributed by atoms with Crippen molar-refractivity contribution in [1.29, 1.82) is 0 Å². The zero-order chi connectivity index (χ0) is 14.8. The lowest BCUT2D eigenvalue weighted by Crippen LogP contribution is -2.33. The molecule has 2 aromatic carbocycles. The van der Waals surface area contributed by atoms with Crippen molar-refractivity contribution in [3.05, 3.63) is 42.5 Å². The van der Waals surface area contributed by atoms with Gasteiger partial charge in [0.25, 0.3) is 0 Å². The molecule has 0 fully saturated rings. The maximum absolute atomic E-state index is 12.3. The number of amidine groups is 1. The van der Waals surface area contributed by atoms with E-state index in [2.05, 4.69) is 10.3 Å². The second-order valence-corrected chi connectivity index (χ2v) is 5.89. The minimum atomic E-state index is -0.533. The summed E-state index contributed by atoms with van der Waals surface area (Å²) >= 11 is 1.12. The number of thioether (sulfide) groups is 1. The highest BCUT2D eigenvalue weighted by Crippen LogP contribution is 2.26. The SMILES string of the molecule is NC1=NC(=O)C[C@H](C(=O)Nc2cccc3ccccc23)S1. The molecular formula is C15H13N3O2S. The first-order chi connectivity index (χ1) is 10.1. The van der Waals surface area contributed by atoms with Crippen LogP contribution in [0.4, 0.5) is 5.69 Å². The lowest BCUT2D eigenvalue weighted by atomic mass is 10.1. The minimum Gasteiger partial charge on any atom is -0.378 e. The van der Waals surface area contributed by atoms with E-state index >= 15 is 0 Å². The molecule has 3 rings (SSSR count). The number of carbonyl (C=O) groups excluding carboxylic acids is 2. The van der Waals surface area contributed by atoms with E-state index in [0.29, 0.717) is 0 Å². The average molecular weight is 299 g/mol. The van der Waals surface area contributed by atoms with Gasteiger partial charge in [0, 0.05) is 11.1 Å². The topological polar surface area (TPSA) is 84.5 Å². The Kier molecular flexibility index (Phi) is 3.62. The minimum absolute atomic E-state index is 0.0714. The van der Waals surface area contributed by atoms with Crippen LogP contribution in [0.3, 0.4) is 0 Å². The molecule has 0 saturated heterocycles. The van der Waals surface area contributed by atoms with Crippen molar-refractivity contribution in [2.24, 2.45) is 10.7 Å². The van der Waals surface area contributed by atoms with Crippen LogP contribution < -0.4 is 11.1 Å². The number of rotatable bonds is 2. The monoisotopic (exact) mass is 299 g/mol. The number of nitrogens with one attached hydrogen (secondary N) is 1. The third kappa shape index (κ3) is 2.90. The molecule has 0 aromatic heterocycles. The first-order valence-corrected chi connectivity index (χ1v) is 7.34. The number of carbonyl (C=O) groups is 2. The zero-order valence-electron chi connectivity index (χ0n) is 11.1. The van der Waals surface area contributed by atoms with Gasteiger partial charge in [0.2, 0.25) is 11.8 Å². The van der Waals surface area contributed by atoms with Crippen LogP contribution in [0.1, 0.15) is 6.42 Å². The van der Waals surface area contributed by atoms with E-state index in [-0.39, 0.29) is 23.4 Å². The van der Waals surface area contributed by atoms with Crippen molar-refractivity contribution in [3.63, 3.8) is 0 Å². The van der Waals surface area contributed by atoms with Crippen LogP contribution in [-0.2, 0) is 9.59 Å². The fraction of sp³-hybridized carbons (Fsp3) is 0.133. The third-order valence-electron chi connectivity index (χ3n) is 3.20. The molecule has 1 atom stereocenters. The molecule has 0 saturated carbocycles. The third-order valence-corrected chi connectivity index (χ3v) is 4.20. The molecule has 106 valence electrons. The van der Waals surface area contributed by atoms with E-state index in [1.807, 2.05) is 42.5 Å². The molecule has 21 heavy (non-hydrogen) atoms. The molecule has 1 aliphatic heterocycles. The summed E-state index contributed by atoms with van der Waals surface area (Å²) < 4.78 is 0. The van der Waals surface area contributed by atoms with Crippen molar-refractivity contribution in [2.45, 2.75) is 11.7 Å². The van der Waals surface area contributed by atoms with Crippen LogP contribution in [0.2, 0.25) is 0 Å². The first-order valence-electron chi connectivity index (χ1n) is 6.46. The van der Waals surface area contributed by atoms with Crippen LogP contribution in [0.15, 0.2) is 47.5 Å². The molecule has 0 aliphatic carbocycles. The molecule has 6 heteroatoms. The van der Waals surface area contributed by atoms with Gasteiger partial charge < -0.3 is 11.1 Å². The molecule has 1 aliphatic rings. The number of nitrogens with two attached hydrogens (primary N) is 1. The second-order valence-electron chi connectivity index (χ2n) is 4.67. The van der Waals surface area contributed by atoms with E-state index in [0.717, 1.165) is 28.2 Å². The second kappa shape index (κ2) is 5.57. The van der Waals surface area contributed by atoms with Gasteiger partial charge in [-0.1, -0.05) is 48.2 Å². The van der Waals surface area contributed by atoms with Crippen LogP contribution in [0.25, 0.3) is 10.8 Å². The Balaban J connectivity index is 1.84. The van der Waals surface area contributed by atoms with Crippen LogP contribution >= 0.6 is 11.8 Å². The fourth-order valence-electron chi connectivity index (χ4n) is 2.23. The summed E-state index contributed by atoms with van der Waals surface area (Å²) in [6.45, 7) is 0. The number of hydrogen-bond donors (Lipinski definition) is 2. The lowest BCUT2D eigenvalue weighted by molar-refractivity contribution is -0.121. The number of aliphatic imine (C=N–C) groups is 1. The number of hydrogen-bond acceptors (Lipinski definition) is 4. The molecule has 3 N–H and O–H groups in total. The summed E-state index contributed by atoms with van der Waals surface area (Å²) in [6, 6.07) is 13.5. The number of fused-ring (bicyclic) bond motifs is 1. The summed E-state index contributed by atoms with van der Waals surface area (Å²) in [6.07, 6.45) is 0.0714. The van der Waals surface area contributed by atoms with Crippen molar-refractivity contribution >= 4 is 45.2 Å². The van der Waals surface area contributed by atoms with E-state index in [1.54, 1.807) is 0 Å². The number of amides is 2. The standard InChI is InChI=1S/C15H13N3O2S/c16-15-18-13(19)8-12(21-15)14(20)17-11-7-3-5-9-4-1-2-6-10(9)11/h1-7,12H,8H2,(H,17,20)(H2,16,18,19)/t12-/m1/s1. The Morgan fingerprint density at radius 3 is 2.81 bits per heavy atom. The van der Waals surface area contributed by atoms with Gasteiger partial charge in [-0.3, -0.25) is 9.59 Å². The Morgan fingerprint density at radius 1 is 1.24 bits per heavy atom. The summed E-state index contributed by atoms with van der Waals surface area (Å²) in [5.41, 5.74) is 6.28. The Bertz CT molecular complexity index is 752. The molecule has 1 heterocycles. The molecule has 0 unspecified atom stereocenters. The molecular weight excluding hydrogens is 286 g/mol.